The summed E-state index contributed by atoms with van der Waals surface area (Å²) in [6.45, 7) is 27.0. The van der Waals surface area contributed by atoms with E-state index >= 15 is 0 Å². The number of para-hydroxylation sites is 1. The van der Waals surface area contributed by atoms with Crippen LogP contribution in [0.2, 0.25) is 0 Å². The van der Waals surface area contributed by atoms with Crippen LogP contribution in [0.15, 0.2) is 48.5 Å². The Kier molecular flexibility index (Phi) is 14.9. The van der Waals surface area contributed by atoms with Crippen LogP contribution < -0.4 is 4.90 Å². The molecule has 6 rings (SSSR count). The molecule has 4 nitrogen and oxygen atoms in total. The number of rotatable bonds is 4. The minimum atomic E-state index is 0.633. The van der Waals surface area contributed by atoms with E-state index in [4.69, 9.17) is 0 Å². The zero-order valence-electron chi connectivity index (χ0n) is 28.6. The second-order valence-electron chi connectivity index (χ2n) is 13.8. The Labute approximate surface area is 260 Å². The number of hydrogen-bond acceptors (Lipinski definition) is 4. The maximum Gasteiger partial charge on any atom is 0.0401 e. The van der Waals surface area contributed by atoms with Crippen molar-refractivity contribution < 1.29 is 0 Å². The molecule has 0 amide bonds. The van der Waals surface area contributed by atoms with Crippen molar-refractivity contribution in [3.05, 3.63) is 65.2 Å². The quantitative estimate of drug-likeness (QED) is 0.363. The van der Waals surface area contributed by atoms with Crippen LogP contribution in [-0.4, -0.2) is 78.1 Å². The SMILES string of the molecule is CC(C)N1CCCC1.CC(C)N1CCCCC1.CC(C)N1CCc2ccccc21.CC(C)N1CCc2ccccc2C1. The van der Waals surface area contributed by atoms with Gasteiger partial charge in [-0.15, -0.1) is 0 Å². The summed E-state index contributed by atoms with van der Waals surface area (Å²) in [5.41, 5.74) is 6.00. The van der Waals surface area contributed by atoms with Crippen molar-refractivity contribution in [3.8, 4) is 0 Å². The molecule has 0 unspecified atom stereocenters. The van der Waals surface area contributed by atoms with Crippen molar-refractivity contribution in [2.24, 2.45) is 0 Å². The fraction of sp³-hybridized carbons (Fsp3) is 0.684. The molecule has 0 saturated carbocycles. The molecule has 0 atom stereocenters. The number of fused-ring (bicyclic) bond motifs is 2. The predicted octanol–water partition coefficient (Wildman–Crippen LogP) is 8.28. The topological polar surface area (TPSA) is 13.0 Å². The lowest BCUT2D eigenvalue weighted by atomic mass is 9.99. The Morgan fingerprint density at radius 2 is 0.881 bits per heavy atom. The Morgan fingerprint density at radius 3 is 1.38 bits per heavy atom. The number of anilines is 1. The summed E-state index contributed by atoms with van der Waals surface area (Å²) in [6, 6.07) is 20.4. The van der Waals surface area contributed by atoms with Crippen molar-refractivity contribution >= 4 is 5.69 Å². The highest BCUT2D eigenvalue weighted by molar-refractivity contribution is 5.58. The van der Waals surface area contributed by atoms with E-state index in [1.54, 1.807) is 5.56 Å². The molecule has 236 valence electrons. The van der Waals surface area contributed by atoms with Gasteiger partial charge >= 0.3 is 0 Å². The van der Waals surface area contributed by atoms with Gasteiger partial charge in [-0.2, -0.15) is 0 Å². The monoisotopic (exact) mass is 577 g/mol. The Hall–Kier alpha value is -1.88. The van der Waals surface area contributed by atoms with E-state index in [2.05, 4.69) is 124 Å². The van der Waals surface area contributed by atoms with E-state index in [1.165, 1.54) is 101 Å². The number of hydrogen-bond donors (Lipinski definition) is 0. The molecule has 0 aromatic heterocycles. The smallest absolute Gasteiger partial charge is 0.0401 e. The van der Waals surface area contributed by atoms with Crippen LogP contribution >= 0.6 is 0 Å². The molecule has 2 aromatic rings. The maximum absolute atomic E-state index is 2.56. The van der Waals surface area contributed by atoms with Crippen molar-refractivity contribution in [3.63, 3.8) is 0 Å². The molecule has 4 aliphatic rings. The van der Waals surface area contributed by atoms with Crippen LogP contribution in [0, 0.1) is 0 Å². The molecule has 4 aliphatic heterocycles. The fourth-order valence-electron chi connectivity index (χ4n) is 6.55. The number of piperidine rings is 1. The summed E-state index contributed by atoms with van der Waals surface area (Å²) >= 11 is 0. The molecule has 2 fully saturated rings. The third kappa shape index (κ3) is 11.0. The molecule has 0 aliphatic carbocycles. The van der Waals surface area contributed by atoms with Crippen LogP contribution in [0.5, 0.6) is 0 Å². The molecule has 4 heterocycles. The molecule has 0 N–H and O–H groups in total. The number of benzene rings is 2. The van der Waals surface area contributed by atoms with E-state index < -0.39 is 0 Å². The number of nitrogens with zero attached hydrogens (tertiary/aromatic N) is 4. The first-order valence-corrected chi connectivity index (χ1v) is 17.3. The normalized spacial score (nSPS) is 19.1. The highest BCUT2D eigenvalue weighted by Crippen LogP contribution is 2.28. The summed E-state index contributed by atoms with van der Waals surface area (Å²) in [4.78, 5) is 10.1. The average molecular weight is 577 g/mol. The fourth-order valence-corrected chi connectivity index (χ4v) is 6.55. The van der Waals surface area contributed by atoms with Crippen molar-refractivity contribution in [2.45, 2.75) is 131 Å². The molecule has 4 heteroatoms. The summed E-state index contributed by atoms with van der Waals surface area (Å²) < 4.78 is 0. The Balaban J connectivity index is 0.000000157. The van der Waals surface area contributed by atoms with E-state index in [-0.39, 0.29) is 0 Å². The van der Waals surface area contributed by atoms with Gasteiger partial charge in [-0.25, -0.2) is 0 Å². The highest BCUT2D eigenvalue weighted by Gasteiger charge is 2.20. The zero-order valence-corrected chi connectivity index (χ0v) is 28.6. The lowest BCUT2D eigenvalue weighted by molar-refractivity contribution is 0.185. The van der Waals surface area contributed by atoms with Gasteiger partial charge in [-0.1, -0.05) is 48.9 Å². The molecular weight excluding hydrogens is 512 g/mol. The van der Waals surface area contributed by atoms with Gasteiger partial charge < -0.3 is 14.7 Å². The van der Waals surface area contributed by atoms with Crippen LogP contribution in [-0.2, 0) is 19.4 Å². The first kappa shape index (κ1) is 34.6. The molecule has 2 aromatic carbocycles. The van der Waals surface area contributed by atoms with Crippen LogP contribution in [0.3, 0.4) is 0 Å². The lowest BCUT2D eigenvalue weighted by Gasteiger charge is -2.31. The summed E-state index contributed by atoms with van der Waals surface area (Å²) in [7, 11) is 0. The summed E-state index contributed by atoms with van der Waals surface area (Å²) in [5.74, 6) is 0. The van der Waals surface area contributed by atoms with Crippen molar-refractivity contribution in [1.29, 1.82) is 0 Å². The third-order valence-electron chi connectivity index (χ3n) is 9.43. The standard InChI is InChI=1S/C12H17N.C11H15N.C8H17N.C7H15N/c1-10(2)13-8-7-11-5-3-4-6-12(11)9-13;1-9(2)12-8-7-10-5-3-4-6-11(10)12;1-8(2)9-6-4-3-5-7-9;1-7(2)8-5-3-4-6-8/h3-6,10H,7-9H2,1-2H3;3-6,9H,7-8H2,1-2H3;8H,3-7H2,1-2H3;7H,3-6H2,1-2H3. The second kappa shape index (κ2) is 18.0. The van der Waals surface area contributed by atoms with Crippen LogP contribution in [0.25, 0.3) is 0 Å². The number of likely N-dealkylation sites (tertiary alicyclic amines) is 2. The van der Waals surface area contributed by atoms with E-state index in [0.717, 1.165) is 18.6 Å². The van der Waals surface area contributed by atoms with Gasteiger partial charge in [0.25, 0.3) is 0 Å². The molecule has 0 radical (unpaired) electrons. The third-order valence-corrected chi connectivity index (χ3v) is 9.43. The van der Waals surface area contributed by atoms with Gasteiger partial charge in [0, 0.05) is 49.5 Å². The minimum absolute atomic E-state index is 0.633. The zero-order chi connectivity index (χ0) is 30.5. The molecule has 2 saturated heterocycles. The first-order valence-electron chi connectivity index (χ1n) is 17.3. The van der Waals surface area contributed by atoms with Gasteiger partial charge in [0.1, 0.15) is 0 Å². The molecule has 42 heavy (non-hydrogen) atoms. The van der Waals surface area contributed by atoms with E-state index in [9.17, 15) is 0 Å². The van der Waals surface area contributed by atoms with Gasteiger partial charge in [0.2, 0.25) is 0 Å². The largest absolute Gasteiger partial charge is 0.369 e. The molecule has 0 spiro atoms. The molecular formula is C38H64N4. The maximum atomic E-state index is 2.56. The lowest BCUT2D eigenvalue weighted by Crippen LogP contribution is -2.35. The average Bonchev–Trinajstić information content (AvgIpc) is 3.70. The Bertz CT molecular complexity index is 1000. The van der Waals surface area contributed by atoms with Crippen LogP contribution in [0.4, 0.5) is 5.69 Å². The predicted molar refractivity (Wildman–Crippen MR) is 185 cm³/mol. The van der Waals surface area contributed by atoms with Crippen molar-refractivity contribution in [2.75, 3.05) is 44.2 Å². The van der Waals surface area contributed by atoms with Gasteiger partial charge in [0.05, 0.1) is 0 Å². The minimum Gasteiger partial charge on any atom is -0.369 e. The van der Waals surface area contributed by atoms with E-state index in [0.29, 0.717) is 12.1 Å². The van der Waals surface area contributed by atoms with Crippen LogP contribution in [0.1, 0.15) is 104 Å². The van der Waals surface area contributed by atoms with Gasteiger partial charge in [0.15, 0.2) is 0 Å². The highest BCUT2D eigenvalue weighted by atomic mass is 15.2. The first-order chi connectivity index (χ1) is 20.2. The molecule has 0 bridgehead atoms. The summed E-state index contributed by atoms with van der Waals surface area (Å²) in [5, 5.41) is 0. The summed E-state index contributed by atoms with van der Waals surface area (Å²) in [6.07, 6.45) is 9.54. The van der Waals surface area contributed by atoms with Gasteiger partial charge in [-0.05, 0) is 143 Å². The van der Waals surface area contributed by atoms with E-state index in [1.807, 2.05) is 0 Å². The second-order valence-corrected chi connectivity index (χ2v) is 13.8. The Morgan fingerprint density at radius 1 is 0.429 bits per heavy atom. The van der Waals surface area contributed by atoms with Crippen molar-refractivity contribution in [1.82, 2.24) is 14.7 Å². The van der Waals surface area contributed by atoms with Gasteiger partial charge in [-0.3, -0.25) is 4.90 Å².